The Morgan fingerprint density at radius 1 is 1.14 bits per heavy atom. The van der Waals surface area contributed by atoms with Gasteiger partial charge in [-0.15, -0.1) is 0 Å². The first-order valence-corrected chi connectivity index (χ1v) is 8.59. The van der Waals surface area contributed by atoms with Crippen molar-refractivity contribution >= 4 is 23.5 Å². The van der Waals surface area contributed by atoms with Gasteiger partial charge in [0, 0.05) is 23.4 Å². The average Bonchev–Trinajstić information content (AvgIpc) is 3.21. The number of non-ortho nitro benzene ring substituents is 1. The van der Waals surface area contributed by atoms with E-state index in [1.807, 2.05) is 0 Å². The van der Waals surface area contributed by atoms with Crippen molar-refractivity contribution in [2.24, 2.45) is 5.10 Å². The standard InChI is InChI=1S/C20H18N4O5/c1-28-17-8-4-15(5-9-17)21-13-20(25)23-22-12-18-10-11-19(29-18)14-2-6-16(7-3-14)24(26)27/h2-12,21H,13H2,1H3,(H,23,25)/b22-12-. The van der Waals surface area contributed by atoms with Crippen LogP contribution in [0.1, 0.15) is 5.76 Å². The summed E-state index contributed by atoms with van der Waals surface area (Å²) in [7, 11) is 1.59. The average molecular weight is 394 g/mol. The van der Waals surface area contributed by atoms with Crippen LogP contribution in [-0.4, -0.2) is 30.7 Å². The Labute approximate surface area is 166 Å². The number of methoxy groups -OCH3 is 1. The highest BCUT2D eigenvalue weighted by Gasteiger charge is 2.08. The lowest BCUT2D eigenvalue weighted by molar-refractivity contribution is -0.384. The van der Waals surface area contributed by atoms with Crippen LogP contribution in [0.2, 0.25) is 0 Å². The van der Waals surface area contributed by atoms with Crippen molar-refractivity contribution in [3.05, 3.63) is 76.5 Å². The number of carbonyl (C=O) groups excluding carboxylic acids is 1. The number of hydrogen-bond donors (Lipinski definition) is 2. The van der Waals surface area contributed by atoms with E-state index < -0.39 is 4.92 Å². The zero-order valence-electron chi connectivity index (χ0n) is 15.5. The third kappa shape index (κ3) is 5.42. The summed E-state index contributed by atoms with van der Waals surface area (Å²) in [5.74, 6) is 1.38. The number of benzene rings is 2. The number of ether oxygens (including phenoxy) is 1. The van der Waals surface area contributed by atoms with Gasteiger partial charge >= 0.3 is 0 Å². The molecule has 0 spiro atoms. The number of anilines is 1. The fourth-order valence-corrected chi connectivity index (χ4v) is 2.42. The molecule has 2 aromatic carbocycles. The third-order valence-electron chi connectivity index (χ3n) is 3.91. The molecule has 1 heterocycles. The summed E-state index contributed by atoms with van der Waals surface area (Å²) in [6.07, 6.45) is 1.38. The Balaban J connectivity index is 1.50. The Morgan fingerprint density at radius 2 is 1.86 bits per heavy atom. The second-order valence-electron chi connectivity index (χ2n) is 5.88. The Hall–Kier alpha value is -4.14. The van der Waals surface area contributed by atoms with Gasteiger partial charge in [0.15, 0.2) is 0 Å². The Morgan fingerprint density at radius 3 is 2.52 bits per heavy atom. The maximum absolute atomic E-state index is 11.8. The minimum Gasteiger partial charge on any atom is -0.497 e. The molecule has 0 aliphatic heterocycles. The molecule has 3 aromatic rings. The highest BCUT2D eigenvalue weighted by molar-refractivity contribution is 5.83. The van der Waals surface area contributed by atoms with Crippen molar-refractivity contribution < 1.29 is 18.9 Å². The van der Waals surface area contributed by atoms with Crippen LogP contribution < -0.4 is 15.5 Å². The smallest absolute Gasteiger partial charge is 0.269 e. The normalized spacial score (nSPS) is 10.7. The molecule has 0 aliphatic carbocycles. The van der Waals surface area contributed by atoms with Crippen molar-refractivity contribution in [3.8, 4) is 17.1 Å². The number of amides is 1. The molecule has 0 fully saturated rings. The highest BCUT2D eigenvalue weighted by atomic mass is 16.6. The van der Waals surface area contributed by atoms with Gasteiger partial charge in [-0.1, -0.05) is 0 Å². The van der Waals surface area contributed by atoms with Gasteiger partial charge in [0.25, 0.3) is 11.6 Å². The molecule has 0 aliphatic rings. The number of hydrogen-bond acceptors (Lipinski definition) is 7. The summed E-state index contributed by atoms with van der Waals surface area (Å²) in [4.78, 5) is 22.1. The summed E-state index contributed by atoms with van der Waals surface area (Å²) in [6, 6.07) is 16.6. The molecule has 0 radical (unpaired) electrons. The minimum absolute atomic E-state index is 0.00746. The Bertz CT molecular complexity index is 1010. The van der Waals surface area contributed by atoms with E-state index in [1.54, 1.807) is 55.6 Å². The summed E-state index contributed by atoms with van der Waals surface area (Å²) in [6.45, 7) is 0.0515. The molecule has 0 unspecified atom stereocenters. The van der Waals surface area contributed by atoms with Crippen LogP contribution in [-0.2, 0) is 4.79 Å². The van der Waals surface area contributed by atoms with Crippen LogP contribution in [0.5, 0.6) is 5.75 Å². The molecule has 9 nitrogen and oxygen atoms in total. The number of nitro groups is 1. The van der Waals surface area contributed by atoms with Crippen LogP contribution in [0.15, 0.2) is 70.2 Å². The van der Waals surface area contributed by atoms with Crippen LogP contribution >= 0.6 is 0 Å². The van der Waals surface area contributed by atoms with E-state index in [0.29, 0.717) is 17.1 Å². The van der Waals surface area contributed by atoms with E-state index in [9.17, 15) is 14.9 Å². The van der Waals surface area contributed by atoms with Crippen molar-refractivity contribution in [1.82, 2.24) is 5.43 Å². The quantitative estimate of drug-likeness (QED) is 0.343. The number of nitro benzene ring substituents is 1. The zero-order valence-corrected chi connectivity index (χ0v) is 15.5. The first-order chi connectivity index (χ1) is 14.0. The molecular formula is C20H18N4O5. The third-order valence-corrected chi connectivity index (χ3v) is 3.91. The molecular weight excluding hydrogens is 376 g/mol. The molecule has 0 bridgehead atoms. The monoisotopic (exact) mass is 394 g/mol. The summed E-state index contributed by atoms with van der Waals surface area (Å²) >= 11 is 0. The molecule has 1 amide bonds. The molecule has 3 rings (SSSR count). The van der Waals surface area contributed by atoms with E-state index in [-0.39, 0.29) is 18.1 Å². The lowest BCUT2D eigenvalue weighted by atomic mass is 10.1. The predicted octanol–water partition coefficient (Wildman–Crippen LogP) is 3.43. The van der Waals surface area contributed by atoms with Crippen molar-refractivity contribution in [2.75, 3.05) is 19.0 Å². The molecule has 0 atom stereocenters. The van der Waals surface area contributed by atoms with Gasteiger partial charge in [-0.2, -0.15) is 5.10 Å². The highest BCUT2D eigenvalue weighted by Crippen LogP contribution is 2.24. The molecule has 148 valence electrons. The SMILES string of the molecule is COc1ccc(NCC(=O)N/N=C\c2ccc(-c3ccc([N+](=O)[O-])cc3)o2)cc1. The molecule has 1 aromatic heterocycles. The van der Waals surface area contributed by atoms with E-state index in [4.69, 9.17) is 9.15 Å². The van der Waals surface area contributed by atoms with Crippen LogP contribution in [0.4, 0.5) is 11.4 Å². The molecule has 29 heavy (non-hydrogen) atoms. The van der Waals surface area contributed by atoms with Crippen LogP contribution in [0.3, 0.4) is 0 Å². The number of rotatable bonds is 8. The number of furan rings is 1. The maximum Gasteiger partial charge on any atom is 0.269 e. The first kappa shape index (κ1) is 19.6. The van der Waals surface area contributed by atoms with E-state index in [0.717, 1.165) is 11.4 Å². The Kier molecular flexibility index (Phi) is 6.21. The van der Waals surface area contributed by atoms with Gasteiger partial charge in [-0.25, -0.2) is 5.43 Å². The zero-order chi connectivity index (χ0) is 20.6. The maximum atomic E-state index is 11.8. The van der Waals surface area contributed by atoms with Gasteiger partial charge in [0.05, 0.1) is 24.8 Å². The summed E-state index contributed by atoms with van der Waals surface area (Å²) in [5.41, 5.74) is 3.89. The van der Waals surface area contributed by atoms with E-state index in [1.165, 1.54) is 18.3 Å². The second kappa shape index (κ2) is 9.18. The lowest BCUT2D eigenvalue weighted by Gasteiger charge is -2.06. The van der Waals surface area contributed by atoms with Crippen molar-refractivity contribution in [1.29, 1.82) is 0 Å². The van der Waals surface area contributed by atoms with Crippen LogP contribution in [0.25, 0.3) is 11.3 Å². The van der Waals surface area contributed by atoms with Gasteiger partial charge < -0.3 is 14.5 Å². The molecule has 0 saturated carbocycles. The topological polar surface area (TPSA) is 119 Å². The number of hydrazone groups is 1. The molecule has 9 heteroatoms. The van der Waals surface area contributed by atoms with Gasteiger partial charge in [-0.3, -0.25) is 14.9 Å². The fourth-order valence-electron chi connectivity index (χ4n) is 2.42. The fraction of sp³-hybridized carbons (Fsp3) is 0.100. The summed E-state index contributed by atoms with van der Waals surface area (Å²) in [5, 5.41) is 17.5. The van der Waals surface area contributed by atoms with Gasteiger partial charge in [0.1, 0.15) is 17.3 Å². The van der Waals surface area contributed by atoms with Crippen LogP contribution in [0, 0.1) is 10.1 Å². The molecule has 2 N–H and O–H groups in total. The second-order valence-corrected chi connectivity index (χ2v) is 5.88. The van der Waals surface area contributed by atoms with Crippen molar-refractivity contribution in [2.45, 2.75) is 0 Å². The first-order valence-electron chi connectivity index (χ1n) is 8.59. The number of carbonyl (C=O) groups is 1. The number of nitrogens with zero attached hydrogens (tertiary/aromatic N) is 2. The van der Waals surface area contributed by atoms with Gasteiger partial charge in [-0.05, 0) is 48.5 Å². The minimum atomic E-state index is -0.462. The molecule has 0 saturated heterocycles. The van der Waals surface area contributed by atoms with E-state index >= 15 is 0 Å². The van der Waals surface area contributed by atoms with E-state index in [2.05, 4.69) is 15.8 Å². The lowest BCUT2D eigenvalue weighted by Crippen LogP contribution is -2.25. The van der Waals surface area contributed by atoms with Crippen molar-refractivity contribution in [3.63, 3.8) is 0 Å². The van der Waals surface area contributed by atoms with Gasteiger partial charge in [0.2, 0.25) is 0 Å². The number of nitrogens with one attached hydrogen (secondary N) is 2. The predicted molar refractivity (Wildman–Crippen MR) is 108 cm³/mol. The summed E-state index contributed by atoms with van der Waals surface area (Å²) < 4.78 is 10.7. The largest absolute Gasteiger partial charge is 0.497 e.